The first-order valence-electron chi connectivity index (χ1n) is 23.8. The van der Waals surface area contributed by atoms with Crippen LogP contribution < -0.4 is 48.7 Å². The zero-order chi connectivity index (χ0) is 52.8. The van der Waals surface area contributed by atoms with Crippen molar-refractivity contribution >= 4 is 70.9 Å². The summed E-state index contributed by atoms with van der Waals surface area (Å²) in [7, 11) is 0. The van der Waals surface area contributed by atoms with Crippen LogP contribution >= 0.6 is 11.8 Å². The van der Waals surface area contributed by atoms with Crippen LogP contribution in [0.1, 0.15) is 84.3 Å². The second-order valence-corrected chi connectivity index (χ2v) is 19.4. The number of hydrogen-bond donors (Lipinski definition) is 10. The normalized spacial score (nSPS) is 16.2. The Labute approximate surface area is 419 Å². The molecular formula is C49H72N10O11S. The summed E-state index contributed by atoms with van der Waals surface area (Å²) >= 11 is 1.45. The van der Waals surface area contributed by atoms with Gasteiger partial charge >= 0.3 is 5.97 Å². The van der Waals surface area contributed by atoms with E-state index in [1.165, 1.54) is 23.6 Å². The Kier molecular flexibility index (Phi) is 24.5. The van der Waals surface area contributed by atoms with Gasteiger partial charge < -0.3 is 58.7 Å². The van der Waals surface area contributed by atoms with E-state index in [2.05, 4.69) is 37.2 Å². The molecule has 71 heavy (non-hydrogen) atoms. The van der Waals surface area contributed by atoms with Gasteiger partial charge in [-0.05, 0) is 74.0 Å². The van der Waals surface area contributed by atoms with Crippen LogP contribution in [0.5, 0.6) is 0 Å². The van der Waals surface area contributed by atoms with Crippen molar-refractivity contribution in [1.82, 2.24) is 42.1 Å². The number of nitrogens with two attached hydrogens (primary N) is 2. The van der Waals surface area contributed by atoms with E-state index in [4.69, 9.17) is 11.5 Å². The van der Waals surface area contributed by atoms with E-state index in [-0.39, 0.29) is 57.4 Å². The van der Waals surface area contributed by atoms with Crippen molar-refractivity contribution < 1.29 is 53.1 Å². The SMILES string of the molecule is CSCC[C@H](NC(=O)[C@H](CC(C)C)NC(=O)[C@H](C)N)C(=O)N1CCC[C@H]1C(=O)NCC(=O)N[C@@H](CCC(N)=O)C(=O)N[C@@H](Cc1ccccc1)C(=O)N[C@@H](Cc1ccccc1)C(=O)N[C@H](C(=O)O)C(C)C. The number of thioether (sulfide) groups is 1. The van der Waals surface area contributed by atoms with E-state index < -0.39 is 120 Å². The molecule has 9 amide bonds. The van der Waals surface area contributed by atoms with Crippen LogP contribution in [0, 0.1) is 11.8 Å². The average Bonchev–Trinajstić information content (AvgIpc) is 3.82. The minimum atomic E-state index is -1.45. The summed E-state index contributed by atoms with van der Waals surface area (Å²) in [4.78, 5) is 134. The second-order valence-electron chi connectivity index (χ2n) is 18.4. The van der Waals surface area contributed by atoms with Gasteiger partial charge in [0.2, 0.25) is 53.2 Å². The Morgan fingerprint density at radius 2 is 1.18 bits per heavy atom. The molecule has 8 atom stereocenters. The largest absolute Gasteiger partial charge is 0.480 e. The van der Waals surface area contributed by atoms with Crippen molar-refractivity contribution in [3.8, 4) is 0 Å². The number of rotatable bonds is 29. The molecule has 0 aromatic heterocycles. The number of hydrogen-bond acceptors (Lipinski definition) is 12. The summed E-state index contributed by atoms with van der Waals surface area (Å²) in [5.41, 5.74) is 12.4. The molecule has 390 valence electrons. The molecule has 1 aliphatic heterocycles. The van der Waals surface area contributed by atoms with Crippen LogP contribution in [-0.4, -0.2) is 143 Å². The zero-order valence-electron chi connectivity index (χ0n) is 41.4. The Morgan fingerprint density at radius 3 is 1.68 bits per heavy atom. The molecular weight excluding hydrogens is 937 g/mol. The number of carboxylic acids is 1. The predicted octanol–water partition coefficient (Wildman–Crippen LogP) is -0.360. The molecule has 3 rings (SSSR count). The standard InChI is InChI=1S/C49H72N10O11S/c1-28(2)24-35(55-42(62)30(5)50)44(64)54-34(21-23-71-6)48(68)59-22-13-18-38(59)47(67)52-27-40(61)53-33(19-20-39(51)60)43(63)56-36(25-31-14-9-7-10-15-31)45(65)57-37(26-32-16-11-8-12-17-32)46(66)58-41(29(3)4)49(69)70/h7-12,14-17,28-30,33-38,41H,13,18-27,50H2,1-6H3,(H2,51,60)(H,52,67)(H,53,61)(H,54,64)(H,55,62)(H,56,63)(H,57,65)(H,58,66)(H,69,70)/t30-,33-,34-,35-,36-,37-,38-,41-/m0/s1. The van der Waals surface area contributed by atoms with E-state index in [1.54, 1.807) is 74.5 Å². The molecule has 21 nitrogen and oxygen atoms in total. The summed E-state index contributed by atoms with van der Waals surface area (Å²) in [5.74, 6) is -7.66. The highest BCUT2D eigenvalue weighted by Crippen LogP contribution is 2.20. The molecule has 0 bridgehead atoms. The summed E-state index contributed by atoms with van der Waals surface area (Å²) < 4.78 is 0. The maximum absolute atomic E-state index is 14.2. The summed E-state index contributed by atoms with van der Waals surface area (Å²) in [6, 6.07) is 8.08. The molecule has 2 aromatic rings. The van der Waals surface area contributed by atoms with Gasteiger partial charge in [0.05, 0.1) is 12.6 Å². The lowest BCUT2D eigenvalue weighted by atomic mass is 10.00. The Bertz CT molecular complexity index is 2150. The van der Waals surface area contributed by atoms with Gasteiger partial charge in [0.15, 0.2) is 0 Å². The fourth-order valence-corrected chi connectivity index (χ4v) is 8.26. The summed E-state index contributed by atoms with van der Waals surface area (Å²) in [6.07, 6.45) is 2.28. The highest BCUT2D eigenvalue weighted by molar-refractivity contribution is 7.98. The lowest BCUT2D eigenvalue weighted by Gasteiger charge is -2.30. The minimum absolute atomic E-state index is 0.0102. The van der Waals surface area contributed by atoms with Crippen LogP contribution in [-0.2, 0) is 60.8 Å². The van der Waals surface area contributed by atoms with Crippen molar-refractivity contribution in [3.05, 3.63) is 71.8 Å². The van der Waals surface area contributed by atoms with Gasteiger partial charge in [-0.25, -0.2) is 4.79 Å². The van der Waals surface area contributed by atoms with Crippen LogP contribution in [0.2, 0.25) is 0 Å². The van der Waals surface area contributed by atoms with Crippen molar-refractivity contribution in [3.63, 3.8) is 0 Å². The van der Waals surface area contributed by atoms with Gasteiger partial charge in [-0.1, -0.05) is 88.4 Å². The Balaban J connectivity index is 1.79. The maximum Gasteiger partial charge on any atom is 0.326 e. The third-order valence-corrected chi connectivity index (χ3v) is 12.3. The number of carbonyl (C=O) groups is 10. The van der Waals surface area contributed by atoms with Crippen LogP contribution in [0.25, 0.3) is 0 Å². The predicted molar refractivity (Wildman–Crippen MR) is 267 cm³/mol. The fourth-order valence-electron chi connectivity index (χ4n) is 7.79. The van der Waals surface area contributed by atoms with Gasteiger partial charge in [0, 0.05) is 25.8 Å². The second kappa shape index (κ2) is 29.6. The summed E-state index contributed by atoms with van der Waals surface area (Å²) in [6.45, 7) is 8.03. The maximum atomic E-state index is 14.2. The highest BCUT2D eigenvalue weighted by atomic mass is 32.2. The molecule has 1 saturated heterocycles. The van der Waals surface area contributed by atoms with Crippen molar-refractivity contribution in [2.45, 2.75) is 134 Å². The van der Waals surface area contributed by atoms with Gasteiger partial charge in [0.1, 0.15) is 42.3 Å². The number of primary amides is 1. The topological polar surface area (TPSA) is 330 Å². The monoisotopic (exact) mass is 1010 g/mol. The van der Waals surface area contributed by atoms with Crippen molar-refractivity contribution in [2.75, 3.05) is 25.1 Å². The minimum Gasteiger partial charge on any atom is -0.480 e. The number of carbonyl (C=O) groups excluding carboxylic acids is 9. The van der Waals surface area contributed by atoms with E-state index in [9.17, 15) is 53.1 Å². The molecule has 1 fully saturated rings. The lowest BCUT2D eigenvalue weighted by molar-refractivity contribution is -0.143. The molecule has 0 radical (unpaired) electrons. The molecule has 2 aromatic carbocycles. The third-order valence-electron chi connectivity index (χ3n) is 11.6. The van der Waals surface area contributed by atoms with Crippen LogP contribution in [0.3, 0.4) is 0 Å². The molecule has 0 saturated carbocycles. The average molecular weight is 1010 g/mol. The molecule has 0 spiro atoms. The van der Waals surface area contributed by atoms with Gasteiger partial charge in [-0.15, -0.1) is 0 Å². The molecule has 0 unspecified atom stereocenters. The van der Waals surface area contributed by atoms with Crippen LogP contribution in [0.15, 0.2) is 60.7 Å². The molecule has 0 aliphatic carbocycles. The van der Waals surface area contributed by atoms with E-state index >= 15 is 0 Å². The molecule has 1 heterocycles. The van der Waals surface area contributed by atoms with E-state index in [1.807, 2.05) is 20.1 Å². The number of carboxylic acid groups (broad SMARTS) is 1. The number of aliphatic carboxylic acids is 1. The number of likely N-dealkylation sites (tertiary alicyclic amines) is 1. The number of nitrogens with one attached hydrogen (secondary N) is 7. The number of amides is 9. The zero-order valence-corrected chi connectivity index (χ0v) is 42.2. The smallest absolute Gasteiger partial charge is 0.326 e. The third kappa shape index (κ3) is 20.0. The van der Waals surface area contributed by atoms with Crippen molar-refractivity contribution in [1.29, 1.82) is 0 Å². The van der Waals surface area contributed by atoms with Crippen molar-refractivity contribution in [2.24, 2.45) is 23.3 Å². The molecule has 22 heteroatoms. The highest BCUT2D eigenvalue weighted by Gasteiger charge is 2.39. The Hall–Kier alpha value is -6.55. The molecule has 12 N–H and O–H groups in total. The lowest BCUT2D eigenvalue weighted by Crippen LogP contribution is -2.59. The van der Waals surface area contributed by atoms with Crippen LogP contribution in [0.4, 0.5) is 0 Å². The quantitative estimate of drug-likeness (QED) is 0.0499. The first-order valence-corrected chi connectivity index (χ1v) is 25.2. The van der Waals surface area contributed by atoms with E-state index in [0.29, 0.717) is 23.3 Å². The van der Waals surface area contributed by atoms with Gasteiger partial charge in [-0.3, -0.25) is 43.2 Å². The number of nitrogens with zero attached hydrogens (tertiary/aromatic N) is 1. The Morgan fingerprint density at radius 1 is 0.676 bits per heavy atom. The van der Waals surface area contributed by atoms with Gasteiger partial charge in [-0.2, -0.15) is 11.8 Å². The molecule has 1 aliphatic rings. The van der Waals surface area contributed by atoms with Gasteiger partial charge in [0.25, 0.3) is 0 Å². The fraction of sp³-hybridized carbons (Fsp3) is 0.551. The summed E-state index contributed by atoms with van der Waals surface area (Å²) in [5, 5.41) is 28.1. The first kappa shape index (κ1) is 58.8. The first-order chi connectivity index (χ1) is 33.6. The van der Waals surface area contributed by atoms with E-state index in [0.717, 1.165) is 0 Å². The number of benzene rings is 2.